The Bertz CT molecular complexity index is 460. The van der Waals surface area contributed by atoms with E-state index >= 15 is 0 Å². The standard InChI is InChI=1S/C15H28N4O4/c1-4-8(5-2)12(18-7(3)20)11-10(19-15(16)17)6-9(13(11)21)14(22)23/h8-13,21H,4-6H2,1-3H3,(H,18,20)(H,22,23)(H4,16,17,19)/t9-,10-,11-,12+,13-/m0/s1. The summed E-state index contributed by atoms with van der Waals surface area (Å²) in [5, 5.41) is 22.7. The van der Waals surface area contributed by atoms with Crippen LogP contribution in [0.1, 0.15) is 40.0 Å². The molecule has 7 N–H and O–H groups in total. The van der Waals surface area contributed by atoms with Crippen molar-refractivity contribution in [1.82, 2.24) is 5.32 Å². The van der Waals surface area contributed by atoms with E-state index in [4.69, 9.17) is 11.5 Å². The number of nitrogens with two attached hydrogens (primary N) is 2. The zero-order chi connectivity index (χ0) is 17.7. The monoisotopic (exact) mass is 328 g/mol. The van der Waals surface area contributed by atoms with E-state index < -0.39 is 30.0 Å². The number of carbonyl (C=O) groups is 2. The minimum Gasteiger partial charge on any atom is -0.481 e. The van der Waals surface area contributed by atoms with Gasteiger partial charge >= 0.3 is 5.97 Å². The Kier molecular flexibility index (Phi) is 6.80. The Balaban J connectivity index is 3.23. The third kappa shape index (κ3) is 4.57. The van der Waals surface area contributed by atoms with Crippen LogP contribution < -0.4 is 16.8 Å². The maximum Gasteiger partial charge on any atom is 0.309 e. The van der Waals surface area contributed by atoms with Gasteiger partial charge in [-0.25, -0.2) is 4.99 Å². The van der Waals surface area contributed by atoms with Crippen LogP contribution in [0.25, 0.3) is 0 Å². The first-order valence-electron chi connectivity index (χ1n) is 7.99. The molecule has 5 atom stereocenters. The number of nitrogens with zero attached hydrogens (tertiary/aromatic N) is 1. The summed E-state index contributed by atoms with van der Waals surface area (Å²) in [6.45, 7) is 5.39. The SMILES string of the molecule is CCC(CC)[C@@H](NC(C)=O)[C@H]1[C@@H](O)[C@@H](C(=O)O)C[C@@H]1N=C(N)N. The van der Waals surface area contributed by atoms with E-state index in [1.807, 2.05) is 13.8 Å². The Morgan fingerprint density at radius 2 is 1.87 bits per heavy atom. The Morgan fingerprint density at radius 1 is 1.30 bits per heavy atom. The van der Waals surface area contributed by atoms with Gasteiger partial charge in [0.05, 0.1) is 18.1 Å². The average Bonchev–Trinajstić information content (AvgIpc) is 2.74. The summed E-state index contributed by atoms with van der Waals surface area (Å²) in [6, 6.07) is -0.913. The Hall–Kier alpha value is -1.83. The predicted molar refractivity (Wildman–Crippen MR) is 86.5 cm³/mol. The number of nitrogens with one attached hydrogen (secondary N) is 1. The van der Waals surface area contributed by atoms with Crippen molar-refractivity contribution in [3.63, 3.8) is 0 Å². The van der Waals surface area contributed by atoms with Gasteiger partial charge in [0.25, 0.3) is 0 Å². The second-order valence-corrected chi connectivity index (χ2v) is 6.17. The predicted octanol–water partition coefficient (Wildman–Crippen LogP) is -0.349. The number of rotatable bonds is 7. The molecule has 8 heteroatoms. The first-order valence-corrected chi connectivity index (χ1v) is 7.99. The third-order valence-corrected chi connectivity index (χ3v) is 4.72. The third-order valence-electron chi connectivity index (χ3n) is 4.72. The number of hydrogen-bond donors (Lipinski definition) is 5. The lowest BCUT2D eigenvalue weighted by atomic mass is 9.80. The number of aliphatic hydroxyl groups is 1. The smallest absolute Gasteiger partial charge is 0.309 e. The molecule has 1 amide bonds. The van der Waals surface area contributed by atoms with E-state index in [-0.39, 0.29) is 30.2 Å². The van der Waals surface area contributed by atoms with Crippen molar-refractivity contribution in [2.45, 2.75) is 58.2 Å². The number of aliphatic carboxylic acids is 1. The molecule has 1 fully saturated rings. The molecule has 0 aromatic heterocycles. The molecule has 0 heterocycles. The number of guanidine groups is 1. The molecule has 0 aromatic rings. The highest BCUT2D eigenvalue weighted by molar-refractivity contribution is 5.76. The molecule has 8 nitrogen and oxygen atoms in total. The van der Waals surface area contributed by atoms with Gasteiger partial charge in [-0.15, -0.1) is 0 Å². The van der Waals surface area contributed by atoms with Crippen LogP contribution in [0.5, 0.6) is 0 Å². The van der Waals surface area contributed by atoms with Gasteiger partial charge in [-0.1, -0.05) is 26.7 Å². The molecule has 132 valence electrons. The summed E-state index contributed by atoms with van der Waals surface area (Å²) in [7, 11) is 0. The summed E-state index contributed by atoms with van der Waals surface area (Å²) in [5.74, 6) is -2.84. The quantitative estimate of drug-likeness (QED) is 0.318. The van der Waals surface area contributed by atoms with E-state index in [0.29, 0.717) is 0 Å². The molecular formula is C15H28N4O4. The van der Waals surface area contributed by atoms with Crippen molar-refractivity contribution >= 4 is 17.8 Å². The number of hydrogen-bond acceptors (Lipinski definition) is 4. The van der Waals surface area contributed by atoms with Crippen LogP contribution in [-0.2, 0) is 9.59 Å². The molecular weight excluding hydrogens is 300 g/mol. The minimum atomic E-state index is -1.11. The summed E-state index contributed by atoms with van der Waals surface area (Å²) in [6.07, 6.45) is 0.612. The highest BCUT2D eigenvalue weighted by Crippen LogP contribution is 2.39. The lowest BCUT2D eigenvalue weighted by molar-refractivity contribution is -0.145. The van der Waals surface area contributed by atoms with E-state index in [9.17, 15) is 19.8 Å². The van der Waals surface area contributed by atoms with Gasteiger partial charge in [-0.3, -0.25) is 9.59 Å². The van der Waals surface area contributed by atoms with Gasteiger partial charge in [0, 0.05) is 18.9 Å². The van der Waals surface area contributed by atoms with Crippen LogP contribution in [0.3, 0.4) is 0 Å². The van der Waals surface area contributed by atoms with Crippen molar-refractivity contribution < 1.29 is 19.8 Å². The highest BCUT2D eigenvalue weighted by Gasteiger charge is 2.50. The number of amides is 1. The number of carboxylic acid groups (broad SMARTS) is 1. The summed E-state index contributed by atoms with van der Waals surface area (Å²) < 4.78 is 0. The number of aliphatic imine (C=N–C) groups is 1. The minimum absolute atomic E-state index is 0.0998. The fraction of sp³-hybridized carbons (Fsp3) is 0.800. The highest BCUT2D eigenvalue weighted by atomic mass is 16.4. The zero-order valence-corrected chi connectivity index (χ0v) is 13.9. The molecule has 1 rings (SSSR count). The summed E-state index contributed by atoms with van der Waals surface area (Å²) in [4.78, 5) is 27.1. The molecule has 1 aliphatic rings. The van der Waals surface area contributed by atoms with E-state index in [2.05, 4.69) is 10.3 Å². The fourth-order valence-electron chi connectivity index (χ4n) is 3.64. The van der Waals surface area contributed by atoms with Crippen LogP contribution >= 0.6 is 0 Å². The normalized spacial score (nSPS) is 28.4. The molecule has 0 bridgehead atoms. The Labute approximate surface area is 136 Å². The average molecular weight is 328 g/mol. The summed E-state index contributed by atoms with van der Waals surface area (Å²) >= 11 is 0. The zero-order valence-electron chi connectivity index (χ0n) is 13.9. The van der Waals surface area contributed by atoms with E-state index in [0.717, 1.165) is 12.8 Å². The topological polar surface area (TPSA) is 151 Å². The van der Waals surface area contributed by atoms with Gasteiger partial charge in [0.15, 0.2) is 5.96 Å². The van der Waals surface area contributed by atoms with Crippen LogP contribution in [0, 0.1) is 17.8 Å². The lowest BCUT2D eigenvalue weighted by Gasteiger charge is -2.35. The van der Waals surface area contributed by atoms with Crippen molar-refractivity contribution in [3.05, 3.63) is 0 Å². The van der Waals surface area contributed by atoms with Crippen molar-refractivity contribution in [2.24, 2.45) is 34.2 Å². The Morgan fingerprint density at radius 3 is 2.26 bits per heavy atom. The molecule has 0 spiro atoms. The van der Waals surface area contributed by atoms with E-state index in [1.54, 1.807) is 0 Å². The summed E-state index contributed by atoms with van der Waals surface area (Å²) in [5.41, 5.74) is 10.9. The maximum atomic E-state index is 11.6. The molecule has 0 aromatic carbocycles. The van der Waals surface area contributed by atoms with E-state index in [1.165, 1.54) is 6.92 Å². The van der Waals surface area contributed by atoms with Crippen molar-refractivity contribution in [3.8, 4) is 0 Å². The maximum absolute atomic E-state index is 11.6. The van der Waals surface area contributed by atoms with Gasteiger partial charge in [-0.2, -0.15) is 0 Å². The van der Waals surface area contributed by atoms with Gasteiger partial charge in [0.2, 0.25) is 5.91 Å². The lowest BCUT2D eigenvalue weighted by Crippen LogP contribution is -2.51. The van der Waals surface area contributed by atoms with Crippen LogP contribution in [0.15, 0.2) is 4.99 Å². The van der Waals surface area contributed by atoms with Crippen molar-refractivity contribution in [1.29, 1.82) is 0 Å². The van der Waals surface area contributed by atoms with Gasteiger partial charge < -0.3 is 27.0 Å². The number of aliphatic hydroxyl groups excluding tert-OH is 1. The number of carbonyl (C=O) groups excluding carboxylic acids is 1. The molecule has 0 unspecified atom stereocenters. The number of carboxylic acids is 1. The molecule has 0 radical (unpaired) electrons. The van der Waals surface area contributed by atoms with Gasteiger partial charge in [-0.05, 0) is 12.3 Å². The second-order valence-electron chi connectivity index (χ2n) is 6.17. The molecule has 1 aliphatic carbocycles. The fourth-order valence-corrected chi connectivity index (χ4v) is 3.64. The molecule has 23 heavy (non-hydrogen) atoms. The van der Waals surface area contributed by atoms with Crippen LogP contribution in [-0.4, -0.2) is 46.2 Å². The van der Waals surface area contributed by atoms with Crippen molar-refractivity contribution in [2.75, 3.05) is 0 Å². The molecule has 1 saturated carbocycles. The van der Waals surface area contributed by atoms with Crippen LogP contribution in [0.4, 0.5) is 0 Å². The molecule has 0 saturated heterocycles. The first-order chi connectivity index (χ1) is 10.7. The second kappa shape index (κ2) is 8.14. The van der Waals surface area contributed by atoms with Gasteiger partial charge in [0.1, 0.15) is 0 Å². The first kappa shape index (κ1) is 19.2. The van der Waals surface area contributed by atoms with Crippen LogP contribution in [0.2, 0.25) is 0 Å². The molecule has 0 aliphatic heterocycles. The largest absolute Gasteiger partial charge is 0.481 e.